The molecule has 0 unspecified atom stereocenters. The van der Waals surface area contributed by atoms with Gasteiger partial charge in [-0.15, -0.1) is 0 Å². The smallest absolute Gasteiger partial charge is 0.161 e. The maximum absolute atomic E-state index is 10.5. The molecule has 1 N–H and O–H groups in total. The van der Waals surface area contributed by atoms with Gasteiger partial charge in [0.15, 0.2) is 11.5 Å². The van der Waals surface area contributed by atoms with Gasteiger partial charge in [-0.05, 0) is 49.1 Å². The second kappa shape index (κ2) is 9.11. The van der Waals surface area contributed by atoms with Crippen LogP contribution in [0.4, 0.5) is 0 Å². The summed E-state index contributed by atoms with van der Waals surface area (Å²) in [7, 11) is 3.28. The summed E-state index contributed by atoms with van der Waals surface area (Å²) in [6.45, 7) is 3.66. The van der Waals surface area contributed by atoms with E-state index >= 15 is 0 Å². The van der Waals surface area contributed by atoms with Crippen LogP contribution >= 0.6 is 0 Å². The number of nitrogens with zero attached hydrogens (tertiary/aromatic N) is 1. The topological polar surface area (TPSA) is 51.2 Å². The van der Waals surface area contributed by atoms with E-state index in [4.69, 9.17) is 14.2 Å². The molecule has 0 heterocycles. The summed E-state index contributed by atoms with van der Waals surface area (Å²) in [5.41, 5.74) is 2.22. The molecule has 0 amide bonds. The fourth-order valence-corrected chi connectivity index (χ4v) is 3.22. The first-order valence-electron chi connectivity index (χ1n) is 9.42. The average molecular weight is 371 g/mol. The van der Waals surface area contributed by atoms with Crippen molar-refractivity contribution < 1.29 is 19.3 Å². The molecule has 1 fully saturated rings. The monoisotopic (exact) mass is 371 g/mol. The van der Waals surface area contributed by atoms with Crippen molar-refractivity contribution in [2.45, 2.75) is 38.5 Å². The van der Waals surface area contributed by atoms with Crippen molar-refractivity contribution in [2.24, 2.45) is 0 Å². The Morgan fingerprint density at radius 2 is 1.78 bits per heavy atom. The molecule has 1 aliphatic rings. The van der Waals surface area contributed by atoms with E-state index < -0.39 is 6.10 Å². The number of rotatable bonds is 10. The zero-order valence-corrected chi connectivity index (χ0v) is 16.4. The maximum Gasteiger partial charge on any atom is 0.161 e. The van der Waals surface area contributed by atoms with Crippen LogP contribution in [0.25, 0.3) is 0 Å². The third-order valence-corrected chi connectivity index (χ3v) is 4.87. The van der Waals surface area contributed by atoms with Gasteiger partial charge in [0.25, 0.3) is 0 Å². The molecule has 0 bridgehead atoms. The molecule has 3 rings (SSSR count). The van der Waals surface area contributed by atoms with Gasteiger partial charge in [0.1, 0.15) is 18.5 Å². The first-order valence-corrected chi connectivity index (χ1v) is 9.42. The normalized spacial score (nSPS) is 14.9. The van der Waals surface area contributed by atoms with E-state index in [1.54, 1.807) is 14.2 Å². The van der Waals surface area contributed by atoms with Gasteiger partial charge in [-0.3, -0.25) is 4.90 Å². The number of hydrogen-bond acceptors (Lipinski definition) is 5. The molecular weight excluding hydrogens is 342 g/mol. The largest absolute Gasteiger partial charge is 0.493 e. The molecule has 2 aromatic carbocycles. The molecule has 1 atom stereocenters. The lowest BCUT2D eigenvalue weighted by Crippen LogP contribution is -2.36. The van der Waals surface area contributed by atoms with Crippen molar-refractivity contribution in [2.75, 3.05) is 27.4 Å². The van der Waals surface area contributed by atoms with Gasteiger partial charge in [0.05, 0.1) is 14.2 Å². The third-order valence-electron chi connectivity index (χ3n) is 4.87. The van der Waals surface area contributed by atoms with Crippen LogP contribution in [0, 0.1) is 6.92 Å². The number of aliphatic hydroxyl groups is 1. The minimum Gasteiger partial charge on any atom is -0.493 e. The van der Waals surface area contributed by atoms with Crippen LogP contribution in [0.2, 0.25) is 0 Å². The Kier molecular flexibility index (Phi) is 6.58. The molecule has 5 nitrogen and oxygen atoms in total. The molecule has 0 saturated heterocycles. The van der Waals surface area contributed by atoms with Crippen molar-refractivity contribution in [3.8, 4) is 17.2 Å². The molecule has 2 aromatic rings. The molecule has 0 radical (unpaired) electrons. The van der Waals surface area contributed by atoms with E-state index in [1.165, 1.54) is 12.8 Å². The zero-order valence-electron chi connectivity index (χ0n) is 16.4. The number of hydrogen-bond donors (Lipinski definition) is 1. The van der Waals surface area contributed by atoms with E-state index in [-0.39, 0.29) is 0 Å². The van der Waals surface area contributed by atoms with Crippen molar-refractivity contribution in [1.82, 2.24) is 4.90 Å². The lowest BCUT2D eigenvalue weighted by atomic mass is 10.1. The van der Waals surface area contributed by atoms with E-state index in [0.717, 1.165) is 34.9 Å². The lowest BCUT2D eigenvalue weighted by Gasteiger charge is -2.25. The zero-order chi connectivity index (χ0) is 19.2. The standard InChI is InChI=1S/C22H29NO4/c1-16-6-4-5-7-20(16)27-15-19(24)14-23(18-9-10-18)13-17-8-11-21(25-2)22(12-17)26-3/h4-8,11-12,18-19,24H,9-10,13-15H2,1-3H3/t19-/m1/s1. The van der Waals surface area contributed by atoms with Crippen LogP contribution in [0.15, 0.2) is 42.5 Å². The summed E-state index contributed by atoms with van der Waals surface area (Å²) in [6.07, 6.45) is 1.82. The third kappa shape index (κ3) is 5.37. The van der Waals surface area contributed by atoms with E-state index in [0.29, 0.717) is 19.2 Å². The highest BCUT2D eigenvalue weighted by molar-refractivity contribution is 5.42. The second-order valence-electron chi connectivity index (χ2n) is 7.08. The Hall–Kier alpha value is -2.24. The quantitative estimate of drug-likeness (QED) is 0.694. The Bertz CT molecular complexity index is 745. The molecule has 0 aliphatic heterocycles. The van der Waals surface area contributed by atoms with Crippen molar-refractivity contribution in [1.29, 1.82) is 0 Å². The summed E-state index contributed by atoms with van der Waals surface area (Å²) in [4.78, 5) is 2.33. The Balaban J connectivity index is 1.58. The number of aliphatic hydroxyl groups excluding tert-OH is 1. The molecule has 0 spiro atoms. The summed E-state index contributed by atoms with van der Waals surface area (Å²) in [5, 5.41) is 10.5. The SMILES string of the molecule is COc1ccc(CN(C[C@@H](O)COc2ccccc2C)C2CC2)cc1OC. The van der Waals surface area contributed by atoms with Gasteiger partial charge >= 0.3 is 0 Å². The van der Waals surface area contributed by atoms with Crippen LogP contribution in [0.3, 0.4) is 0 Å². The lowest BCUT2D eigenvalue weighted by molar-refractivity contribution is 0.0624. The number of benzene rings is 2. The van der Waals surface area contributed by atoms with Crippen molar-refractivity contribution >= 4 is 0 Å². The maximum atomic E-state index is 10.5. The molecule has 5 heteroatoms. The van der Waals surface area contributed by atoms with Crippen molar-refractivity contribution in [3.05, 3.63) is 53.6 Å². The van der Waals surface area contributed by atoms with Gasteiger partial charge in [-0.25, -0.2) is 0 Å². The predicted octanol–water partition coefficient (Wildman–Crippen LogP) is 3.42. The summed E-state index contributed by atoms with van der Waals surface area (Å²) >= 11 is 0. The summed E-state index contributed by atoms with van der Waals surface area (Å²) < 4.78 is 16.5. The minimum atomic E-state index is -0.537. The van der Waals surface area contributed by atoms with E-state index in [9.17, 15) is 5.11 Å². The molecule has 0 aromatic heterocycles. The highest BCUT2D eigenvalue weighted by atomic mass is 16.5. The fraction of sp³-hybridized carbons (Fsp3) is 0.455. The average Bonchev–Trinajstić information content (AvgIpc) is 3.52. The van der Waals surface area contributed by atoms with Gasteiger partial charge in [-0.1, -0.05) is 24.3 Å². The second-order valence-corrected chi connectivity index (χ2v) is 7.08. The highest BCUT2D eigenvalue weighted by Gasteiger charge is 2.30. The number of methoxy groups -OCH3 is 2. The first kappa shape index (κ1) is 19.5. The van der Waals surface area contributed by atoms with Crippen LogP contribution < -0.4 is 14.2 Å². The Labute approximate surface area is 161 Å². The van der Waals surface area contributed by atoms with Crippen LogP contribution in [0.5, 0.6) is 17.2 Å². The summed E-state index contributed by atoms with van der Waals surface area (Å²) in [5.74, 6) is 2.29. The molecule has 146 valence electrons. The van der Waals surface area contributed by atoms with Gasteiger partial charge in [0.2, 0.25) is 0 Å². The molecule has 1 saturated carbocycles. The van der Waals surface area contributed by atoms with E-state index in [1.807, 2.05) is 49.4 Å². The number of para-hydroxylation sites is 1. The summed E-state index contributed by atoms with van der Waals surface area (Å²) in [6, 6.07) is 14.4. The first-order chi connectivity index (χ1) is 13.1. The Morgan fingerprint density at radius 1 is 1.04 bits per heavy atom. The number of aryl methyl sites for hydroxylation is 1. The Morgan fingerprint density at radius 3 is 2.44 bits per heavy atom. The fourth-order valence-electron chi connectivity index (χ4n) is 3.22. The molecule has 1 aliphatic carbocycles. The predicted molar refractivity (Wildman–Crippen MR) is 106 cm³/mol. The van der Waals surface area contributed by atoms with Crippen LogP contribution in [-0.4, -0.2) is 49.5 Å². The van der Waals surface area contributed by atoms with Crippen LogP contribution in [0.1, 0.15) is 24.0 Å². The highest BCUT2D eigenvalue weighted by Crippen LogP contribution is 2.31. The minimum absolute atomic E-state index is 0.292. The van der Waals surface area contributed by atoms with Crippen molar-refractivity contribution in [3.63, 3.8) is 0 Å². The van der Waals surface area contributed by atoms with Crippen LogP contribution in [-0.2, 0) is 6.54 Å². The molecule has 27 heavy (non-hydrogen) atoms. The van der Waals surface area contributed by atoms with Gasteiger partial charge < -0.3 is 19.3 Å². The molecular formula is C22H29NO4. The van der Waals surface area contributed by atoms with Gasteiger partial charge in [0, 0.05) is 19.1 Å². The number of ether oxygens (including phenoxy) is 3. The van der Waals surface area contributed by atoms with Gasteiger partial charge in [-0.2, -0.15) is 0 Å². The van der Waals surface area contributed by atoms with E-state index in [2.05, 4.69) is 4.90 Å².